The van der Waals surface area contributed by atoms with E-state index in [1.165, 1.54) is 43.5 Å². The van der Waals surface area contributed by atoms with E-state index in [-0.39, 0.29) is 0 Å². The van der Waals surface area contributed by atoms with Gasteiger partial charge >= 0.3 is 0 Å². The highest BCUT2D eigenvalue weighted by Crippen LogP contribution is 2.47. The number of benzene rings is 11. The molecular formula is C70H44N6. The van der Waals surface area contributed by atoms with Crippen LogP contribution in [0.1, 0.15) is 0 Å². The largest absolute Gasteiger partial charge is 0.309 e. The van der Waals surface area contributed by atoms with Crippen molar-refractivity contribution in [1.82, 2.24) is 28.2 Å². The number of nitrogens with zero attached hydrogens (tertiary/aromatic N) is 6. The number of para-hydroxylation sites is 5. The average molecular weight is 969 g/mol. The predicted octanol–water partition coefficient (Wildman–Crippen LogP) is 17.9. The van der Waals surface area contributed by atoms with Gasteiger partial charge in [0.1, 0.15) is 0 Å². The Labute approximate surface area is 436 Å². The van der Waals surface area contributed by atoms with Crippen LogP contribution in [0.25, 0.3) is 144 Å². The molecule has 5 heterocycles. The molecule has 0 unspecified atom stereocenters. The summed E-state index contributed by atoms with van der Waals surface area (Å²) in [6.07, 6.45) is 0. The number of hydrogen-bond acceptors (Lipinski definition) is 2. The van der Waals surface area contributed by atoms with Crippen molar-refractivity contribution < 1.29 is 0 Å². The number of hydrogen-bond donors (Lipinski definition) is 0. The smallest absolute Gasteiger partial charge is 0.160 e. The van der Waals surface area contributed by atoms with Crippen molar-refractivity contribution in [3.8, 4) is 56.7 Å². The molecule has 0 bridgehead atoms. The van der Waals surface area contributed by atoms with Crippen molar-refractivity contribution in [2.24, 2.45) is 0 Å². The van der Waals surface area contributed by atoms with Gasteiger partial charge in [0, 0.05) is 82.5 Å². The Kier molecular flexibility index (Phi) is 9.23. The third-order valence-corrected chi connectivity index (χ3v) is 15.5. The Morgan fingerprint density at radius 1 is 0.237 bits per heavy atom. The molecule has 6 heteroatoms. The Balaban J connectivity index is 1.04. The molecule has 6 nitrogen and oxygen atoms in total. The van der Waals surface area contributed by atoms with E-state index in [0.29, 0.717) is 5.82 Å². The molecule has 16 rings (SSSR count). The van der Waals surface area contributed by atoms with E-state index in [1.807, 2.05) is 6.07 Å². The SMILES string of the molecule is c1ccc(-c2cc(-c3cccc4c3c3ccc5c(c6cc(-n7c8ccccc8c8ccc9c(c%10ccccc%10n9-c9ccccc9)c87)ccc6n5-c5ccccc5)c3n4-c3ccccc3)nc(-c3ccccc3)n2)cc1. The first-order valence-electron chi connectivity index (χ1n) is 25.9. The van der Waals surface area contributed by atoms with Crippen LogP contribution in [-0.2, 0) is 0 Å². The molecule has 0 fully saturated rings. The minimum absolute atomic E-state index is 0.688. The van der Waals surface area contributed by atoms with Gasteiger partial charge in [0.2, 0.25) is 0 Å². The van der Waals surface area contributed by atoms with Crippen LogP contribution < -0.4 is 0 Å². The molecule has 5 aromatic heterocycles. The van der Waals surface area contributed by atoms with Crippen LogP contribution in [0.3, 0.4) is 0 Å². The molecule has 0 aliphatic carbocycles. The van der Waals surface area contributed by atoms with Gasteiger partial charge in [-0.1, -0.05) is 176 Å². The summed E-state index contributed by atoms with van der Waals surface area (Å²) in [5.41, 5.74) is 18.4. The molecule has 0 aliphatic heterocycles. The third-order valence-electron chi connectivity index (χ3n) is 15.5. The molecular weight excluding hydrogens is 925 g/mol. The summed E-state index contributed by atoms with van der Waals surface area (Å²) >= 11 is 0. The van der Waals surface area contributed by atoms with Crippen molar-refractivity contribution in [2.45, 2.75) is 0 Å². The molecule has 0 aliphatic rings. The second-order valence-corrected chi connectivity index (χ2v) is 19.7. The lowest BCUT2D eigenvalue weighted by Crippen LogP contribution is -1.96. The van der Waals surface area contributed by atoms with Gasteiger partial charge in [-0.2, -0.15) is 0 Å². The van der Waals surface area contributed by atoms with Gasteiger partial charge in [0.15, 0.2) is 5.82 Å². The van der Waals surface area contributed by atoms with Crippen LogP contribution >= 0.6 is 0 Å². The van der Waals surface area contributed by atoms with Crippen LogP contribution in [0.15, 0.2) is 267 Å². The first-order chi connectivity index (χ1) is 37.7. The van der Waals surface area contributed by atoms with E-state index in [4.69, 9.17) is 9.97 Å². The molecule has 0 saturated heterocycles. The summed E-state index contributed by atoms with van der Waals surface area (Å²) in [4.78, 5) is 10.6. The fourth-order valence-corrected chi connectivity index (χ4v) is 12.4. The van der Waals surface area contributed by atoms with Gasteiger partial charge in [-0.15, -0.1) is 0 Å². The number of rotatable bonds is 7. The zero-order valence-electron chi connectivity index (χ0n) is 41.1. The molecule has 354 valence electrons. The lowest BCUT2D eigenvalue weighted by atomic mass is 10.0. The van der Waals surface area contributed by atoms with Crippen LogP contribution in [0, 0.1) is 0 Å². The summed E-state index contributed by atoms with van der Waals surface area (Å²) < 4.78 is 9.87. The maximum absolute atomic E-state index is 5.41. The van der Waals surface area contributed by atoms with Crippen molar-refractivity contribution >= 4 is 87.2 Å². The summed E-state index contributed by atoms with van der Waals surface area (Å²) in [5, 5.41) is 9.51. The molecule has 0 atom stereocenters. The van der Waals surface area contributed by atoms with E-state index in [1.54, 1.807) is 0 Å². The summed E-state index contributed by atoms with van der Waals surface area (Å²) in [6.45, 7) is 0. The van der Waals surface area contributed by atoms with E-state index >= 15 is 0 Å². The van der Waals surface area contributed by atoms with E-state index in [9.17, 15) is 0 Å². The maximum atomic E-state index is 5.41. The van der Waals surface area contributed by atoms with Crippen molar-refractivity contribution in [1.29, 1.82) is 0 Å². The molecule has 0 saturated carbocycles. The number of aromatic nitrogens is 6. The summed E-state index contributed by atoms with van der Waals surface area (Å²) in [6, 6.07) is 96.2. The molecule has 0 N–H and O–H groups in total. The second-order valence-electron chi connectivity index (χ2n) is 19.7. The van der Waals surface area contributed by atoms with E-state index in [0.717, 1.165) is 94.6 Å². The standard InChI is InChI=1S/C70H44N6/c1-6-21-45(22-7-1)57-44-58(72-70(71-57)46-23-8-2-9-24-46)53-33-20-36-62-65(53)55-39-42-64-67(69(55)75(62)49-29-14-5-15-30-49)56-43-50(37-40-61(56)74(64)48-27-12-4-13-28-48)76-59-34-18-16-31-51(59)52-38-41-63-66(68(52)76)54-32-17-19-35-60(54)73(63)47-25-10-3-11-26-47/h1-44H. The van der Waals surface area contributed by atoms with Crippen LogP contribution in [0.5, 0.6) is 0 Å². The fourth-order valence-electron chi connectivity index (χ4n) is 12.4. The van der Waals surface area contributed by atoms with Crippen molar-refractivity contribution in [2.75, 3.05) is 0 Å². The van der Waals surface area contributed by atoms with Crippen molar-refractivity contribution in [3.05, 3.63) is 267 Å². The molecule has 0 spiro atoms. The van der Waals surface area contributed by atoms with Crippen LogP contribution in [0.4, 0.5) is 0 Å². The highest BCUT2D eigenvalue weighted by atomic mass is 15.0. The van der Waals surface area contributed by atoms with Crippen LogP contribution in [-0.4, -0.2) is 28.2 Å². The Bertz CT molecular complexity index is 4890. The Morgan fingerprint density at radius 3 is 1.34 bits per heavy atom. The van der Waals surface area contributed by atoms with E-state index < -0.39 is 0 Å². The lowest BCUT2D eigenvalue weighted by Gasteiger charge is -2.12. The molecule has 11 aromatic carbocycles. The lowest BCUT2D eigenvalue weighted by molar-refractivity contribution is 1.16. The Hall–Kier alpha value is -10.3. The van der Waals surface area contributed by atoms with E-state index in [2.05, 4.69) is 279 Å². The fraction of sp³-hybridized carbons (Fsp3) is 0. The molecule has 0 radical (unpaired) electrons. The minimum atomic E-state index is 0.688. The third kappa shape index (κ3) is 6.22. The van der Waals surface area contributed by atoms with Crippen LogP contribution in [0.2, 0.25) is 0 Å². The highest BCUT2D eigenvalue weighted by Gasteiger charge is 2.26. The Morgan fingerprint density at radius 2 is 0.684 bits per heavy atom. The normalized spacial score (nSPS) is 11.9. The van der Waals surface area contributed by atoms with Gasteiger partial charge in [-0.25, -0.2) is 9.97 Å². The van der Waals surface area contributed by atoms with Crippen molar-refractivity contribution in [3.63, 3.8) is 0 Å². The first-order valence-corrected chi connectivity index (χ1v) is 25.9. The molecule has 0 amide bonds. The summed E-state index contributed by atoms with van der Waals surface area (Å²) in [5.74, 6) is 0.688. The second kappa shape index (κ2) is 16.6. The maximum Gasteiger partial charge on any atom is 0.160 e. The van der Waals surface area contributed by atoms with Gasteiger partial charge in [0.25, 0.3) is 0 Å². The zero-order chi connectivity index (χ0) is 49.8. The quantitative estimate of drug-likeness (QED) is 0.160. The predicted molar refractivity (Wildman–Crippen MR) is 316 cm³/mol. The molecule has 76 heavy (non-hydrogen) atoms. The summed E-state index contributed by atoms with van der Waals surface area (Å²) in [7, 11) is 0. The topological polar surface area (TPSA) is 45.5 Å². The highest BCUT2D eigenvalue weighted by molar-refractivity contribution is 6.29. The number of fused-ring (bicyclic) bond motifs is 14. The minimum Gasteiger partial charge on any atom is -0.309 e. The monoisotopic (exact) mass is 968 g/mol. The first kappa shape index (κ1) is 42.2. The van der Waals surface area contributed by atoms with Gasteiger partial charge in [-0.05, 0) is 91.0 Å². The zero-order valence-corrected chi connectivity index (χ0v) is 41.1. The van der Waals surface area contributed by atoms with Gasteiger partial charge in [0.05, 0.1) is 55.5 Å². The molecule has 16 aromatic rings. The van der Waals surface area contributed by atoms with Gasteiger partial charge < -0.3 is 18.3 Å². The average Bonchev–Trinajstić information content (AvgIpc) is 4.43. The van der Waals surface area contributed by atoms with Gasteiger partial charge in [-0.3, -0.25) is 0 Å².